The topological polar surface area (TPSA) is 49.6 Å². The van der Waals surface area contributed by atoms with Gasteiger partial charge >= 0.3 is 0 Å². The number of nitrogens with zero attached hydrogens (tertiary/aromatic N) is 3. The molecule has 0 unspecified atom stereocenters. The summed E-state index contributed by atoms with van der Waals surface area (Å²) in [7, 11) is 0. The summed E-state index contributed by atoms with van der Waals surface area (Å²) in [5.74, 6) is 0.723. The maximum atomic E-state index is 8.84. The normalized spacial score (nSPS) is 10.6. The van der Waals surface area contributed by atoms with Gasteiger partial charge in [0.15, 0.2) is 5.82 Å². The van der Waals surface area contributed by atoms with E-state index in [0.29, 0.717) is 5.56 Å². The molecule has 0 bridgehead atoms. The zero-order valence-corrected chi connectivity index (χ0v) is 15.4. The van der Waals surface area contributed by atoms with Gasteiger partial charge in [-0.2, -0.15) is 5.26 Å². The molecule has 0 aliphatic heterocycles. The van der Waals surface area contributed by atoms with Crippen molar-refractivity contribution in [1.29, 1.82) is 5.26 Å². The summed E-state index contributed by atoms with van der Waals surface area (Å²) >= 11 is 0. The molecule has 1 heterocycles. The summed E-state index contributed by atoms with van der Waals surface area (Å²) in [6.45, 7) is 2.26. The lowest BCUT2D eigenvalue weighted by Gasteiger charge is -2.04. The summed E-state index contributed by atoms with van der Waals surface area (Å²) < 4.78 is 0. The Labute approximate surface area is 152 Å². The molecule has 3 nitrogen and oxygen atoms in total. The van der Waals surface area contributed by atoms with E-state index in [1.54, 1.807) is 12.1 Å². The van der Waals surface area contributed by atoms with Gasteiger partial charge in [-0.25, -0.2) is 9.97 Å². The summed E-state index contributed by atoms with van der Waals surface area (Å²) in [6.07, 6.45) is 17.1. The van der Waals surface area contributed by atoms with Crippen LogP contribution in [0.25, 0.3) is 11.4 Å². The second-order valence-corrected chi connectivity index (χ2v) is 6.68. The Morgan fingerprint density at radius 2 is 1.36 bits per heavy atom. The molecule has 1 aromatic carbocycles. The van der Waals surface area contributed by atoms with E-state index in [-0.39, 0.29) is 0 Å². The van der Waals surface area contributed by atoms with Crippen LogP contribution in [-0.2, 0) is 6.42 Å². The van der Waals surface area contributed by atoms with Crippen molar-refractivity contribution in [3.63, 3.8) is 0 Å². The first kappa shape index (κ1) is 19.1. The molecule has 132 valence electrons. The number of nitriles is 1. The van der Waals surface area contributed by atoms with Gasteiger partial charge in [0.25, 0.3) is 0 Å². The predicted molar refractivity (Wildman–Crippen MR) is 103 cm³/mol. The summed E-state index contributed by atoms with van der Waals surface area (Å²) in [5.41, 5.74) is 2.82. The van der Waals surface area contributed by atoms with Gasteiger partial charge in [-0.15, -0.1) is 0 Å². The van der Waals surface area contributed by atoms with Crippen LogP contribution in [0.4, 0.5) is 0 Å². The minimum atomic E-state index is 0.658. The van der Waals surface area contributed by atoms with Crippen LogP contribution in [0.1, 0.15) is 75.8 Å². The van der Waals surface area contributed by atoms with Crippen LogP contribution < -0.4 is 0 Å². The Morgan fingerprint density at radius 3 is 1.92 bits per heavy atom. The second kappa shape index (κ2) is 11.4. The molecule has 2 rings (SSSR count). The van der Waals surface area contributed by atoms with Gasteiger partial charge in [0.2, 0.25) is 0 Å². The molecule has 0 spiro atoms. The SMILES string of the molecule is CCCCCCCCCCCc1cnc(-c2ccc(C#N)cc2)nc1. The lowest BCUT2D eigenvalue weighted by molar-refractivity contribution is 0.564. The van der Waals surface area contributed by atoms with Crippen LogP contribution in [-0.4, -0.2) is 9.97 Å². The highest BCUT2D eigenvalue weighted by Crippen LogP contribution is 2.16. The Kier molecular flexibility index (Phi) is 8.69. The molecule has 0 radical (unpaired) electrons. The van der Waals surface area contributed by atoms with Crippen molar-refractivity contribution in [2.75, 3.05) is 0 Å². The summed E-state index contributed by atoms with van der Waals surface area (Å²) in [5, 5.41) is 8.84. The Balaban J connectivity index is 1.66. The zero-order valence-electron chi connectivity index (χ0n) is 15.4. The van der Waals surface area contributed by atoms with Crippen LogP contribution in [0, 0.1) is 11.3 Å². The van der Waals surface area contributed by atoms with Crippen molar-refractivity contribution in [3.8, 4) is 17.5 Å². The van der Waals surface area contributed by atoms with Crippen LogP contribution >= 0.6 is 0 Å². The minimum absolute atomic E-state index is 0.658. The minimum Gasteiger partial charge on any atom is -0.236 e. The number of aryl methyl sites for hydroxylation is 1. The van der Waals surface area contributed by atoms with Crippen molar-refractivity contribution >= 4 is 0 Å². The quantitative estimate of drug-likeness (QED) is 0.467. The maximum absolute atomic E-state index is 8.84. The van der Waals surface area contributed by atoms with Crippen LogP contribution in [0.5, 0.6) is 0 Å². The van der Waals surface area contributed by atoms with Gasteiger partial charge < -0.3 is 0 Å². The zero-order chi connectivity index (χ0) is 17.7. The van der Waals surface area contributed by atoms with Gasteiger partial charge in [-0.05, 0) is 42.7 Å². The molecule has 2 aromatic rings. The molecule has 3 heteroatoms. The van der Waals surface area contributed by atoms with E-state index in [4.69, 9.17) is 5.26 Å². The van der Waals surface area contributed by atoms with Gasteiger partial charge in [0.05, 0.1) is 11.6 Å². The molecule has 1 aromatic heterocycles. The maximum Gasteiger partial charge on any atom is 0.159 e. The predicted octanol–water partition coefficient (Wildman–Crippen LogP) is 6.09. The third-order valence-corrected chi connectivity index (χ3v) is 4.55. The van der Waals surface area contributed by atoms with Gasteiger partial charge in [0.1, 0.15) is 0 Å². The number of rotatable bonds is 11. The van der Waals surface area contributed by atoms with E-state index in [1.165, 1.54) is 63.4 Å². The molecule has 0 saturated heterocycles. The van der Waals surface area contributed by atoms with Crippen LogP contribution in [0.2, 0.25) is 0 Å². The number of benzene rings is 1. The highest BCUT2D eigenvalue weighted by Gasteiger charge is 2.02. The first-order valence-corrected chi connectivity index (χ1v) is 9.65. The average Bonchev–Trinajstić information content (AvgIpc) is 2.67. The van der Waals surface area contributed by atoms with Crippen molar-refractivity contribution in [1.82, 2.24) is 9.97 Å². The van der Waals surface area contributed by atoms with E-state index in [2.05, 4.69) is 23.0 Å². The fraction of sp³-hybridized carbons (Fsp3) is 0.500. The Bertz CT molecular complexity index is 638. The number of hydrogen-bond donors (Lipinski definition) is 0. The van der Waals surface area contributed by atoms with Crippen molar-refractivity contribution in [2.45, 2.75) is 71.1 Å². The molecule has 0 atom stereocenters. The second-order valence-electron chi connectivity index (χ2n) is 6.68. The smallest absolute Gasteiger partial charge is 0.159 e. The van der Waals surface area contributed by atoms with Crippen molar-refractivity contribution in [2.24, 2.45) is 0 Å². The first-order valence-electron chi connectivity index (χ1n) is 9.65. The molecule has 0 amide bonds. The molecular formula is C22H29N3. The standard InChI is InChI=1S/C22H29N3/c1-2-3-4-5-6-7-8-9-10-11-20-17-24-22(25-18-20)21-14-12-19(16-23)13-15-21/h12-15,17-18H,2-11H2,1H3. The number of hydrogen-bond acceptors (Lipinski definition) is 3. The highest BCUT2D eigenvalue weighted by molar-refractivity contribution is 5.56. The first-order chi connectivity index (χ1) is 12.3. The lowest BCUT2D eigenvalue weighted by Crippen LogP contribution is -1.93. The van der Waals surface area contributed by atoms with Gasteiger partial charge in [-0.3, -0.25) is 0 Å². The lowest BCUT2D eigenvalue weighted by atomic mass is 10.1. The molecule has 0 aliphatic carbocycles. The Hall–Kier alpha value is -2.21. The molecule has 0 N–H and O–H groups in total. The molecular weight excluding hydrogens is 306 g/mol. The third kappa shape index (κ3) is 7.05. The molecule has 0 aliphatic rings. The fourth-order valence-electron chi connectivity index (χ4n) is 2.97. The van der Waals surface area contributed by atoms with Crippen molar-refractivity contribution in [3.05, 3.63) is 47.8 Å². The monoisotopic (exact) mass is 335 g/mol. The van der Waals surface area contributed by atoms with E-state index in [0.717, 1.165) is 17.8 Å². The molecule has 0 saturated carbocycles. The van der Waals surface area contributed by atoms with Crippen molar-refractivity contribution < 1.29 is 0 Å². The van der Waals surface area contributed by atoms with E-state index in [9.17, 15) is 0 Å². The highest BCUT2D eigenvalue weighted by atomic mass is 14.9. The third-order valence-electron chi connectivity index (χ3n) is 4.55. The van der Waals surface area contributed by atoms with Gasteiger partial charge in [-0.1, -0.05) is 58.3 Å². The van der Waals surface area contributed by atoms with E-state index >= 15 is 0 Å². The molecule has 0 fully saturated rings. The fourth-order valence-corrected chi connectivity index (χ4v) is 2.97. The average molecular weight is 335 g/mol. The van der Waals surface area contributed by atoms with Crippen LogP contribution in [0.3, 0.4) is 0 Å². The summed E-state index contributed by atoms with van der Waals surface area (Å²) in [6, 6.07) is 9.52. The van der Waals surface area contributed by atoms with E-state index in [1.807, 2.05) is 24.5 Å². The van der Waals surface area contributed by atoms with Gasteiger partial charge in [0, 0.05) is 18.0 Å². The Morgan fingerprint density at radius 1 is 0.800 bits per heavy atom. The number of aromatic nitrogens is 2. The largest absolute Gasteiger partial charge is 0.236 e. The molecule has 25 heavy (non-hydrogen) atoms. The van der Waals surface area contributed by atoms with E-state index < -0.39 is 0 Å². The summed E-state index contributed by atoms with van der Waals surface area (Å²) in [4.78, 5) is 8.93. The number of unbranched alkanes of at least 4 members (excludes halogenated alkanes) is 8. The van der Waals surface area contributed by atoms with Crippen LogP contribution in [0.15, 0.2) is 36.7 Å².